The minimum Gasteiger partial charge on any atom is -0.434 e. The largest absolute Gasteiger partial charge is 0.508 e. The number of nitrogens with zero attached hydrogens (tertiary/aromatic N) is 2. The van der Waals surface area contributed by atoms with E-state index in [-0.39, 0.29) is 0 Å². The summed E-state index contributed by atoms with van der Waals surface area (Å²) in [6.07, 6.45) is 10.6. The summed E-state index contributed by atoms with van der Waals surface area (Å²) in [5, 5.41) is 0.965. The molecule has 5 nitrogen and oxygen atoms in total. The lowest BCUT2D eigenvalue weighted by Crippen LogP contribution is -2.18. The second-order valence-electron chi connectivity index (χ2n) is 6.40. The Balaban J connectivity index is 1.89. The number of halogens is 2. The fourth-order valence-corrected chi connectivity index (χ4v) is 3.27. The van der Waals surface area contributed by atoms with E-state index in [1.54, 1.807) is 36.9 Å². The van der Waals surface area contributed by atoms with Crippen molar-refractivity contribution in [2.24, 2.45) is 0 Å². The van der Waals surface area contributed by atoms with E-state index in [9.17, 15) is 4.79 Å². The summed E-state index contributed by atoms with van der Waals surface area (Å²) in [4.78, 5) is 16.1. The zero-order valence-corrected chi connectivity index (χ0v) is 17.1. The Hall–Kier alpha value is -1.72. The van der Waals surface area contributed by atoms with Gasteiger partial charge in [-0.25, -0.2) is 9.78 Å². The first-order valence-electron chi connectivity index (χ1n) is 9.34. The van der Waals surface area contributed by atoms with Crippen LogP contribution >= 0.6 is 23.2 Å². The molecule has 2 aromatic rings. The third-order valence-electron chi connectivity index (χ3n) is 4.20. The molecule has 0 aliphatic rings. The number of carbonyl (C=O) groups excluding carboxylic acids is 1. The van der Waals surface area contributed by atoms with Gasteiger partial charge in [-0.2, -0.15) is 0 Å². The maximum Gasteiger partial charge on any atom is 0.508 e. The smallest absolute Gasteiger partial charge is 0.434 e. The van der Waals surface area contributed by atoms with E-state index in [1.807, 2.05) is 4.57 Å². The molecule has 27 heavy (non-hydrogen) atoms. The lowest BCUT2D eigenvalue weighted by Gasteiger charge is -2.19. The fourth-order valence-electron chi connectivity index (χ4n) is 2.74. The zero-order chi connectivity index (χ0) is 19.5. The van der Waals surface area contributed by atoms with E-state index >= 15 is 0 Å². The van der Waals surface area contributed by atoms with Crippen LogP contribution in [0.1, 0.15) is 57.1 Å². The highest BCUT2D eigenvalue weighted by Crippen LogP contribution is 2.30. The summed E-state index contributed by atoms with van der Waals surface area (Å²) in [7, 11) is 0. The van der Waals surface area contributed by atoms with Gasteiger partial charge in [0.1, 0.15) is 6.10 Å². The van der Waals surface area contributed by atoms with Crippen LogP contribution in [0.3, 0.4) is 0 Å². The lowest BCUT2D eigenvalue weighted by atomic mass is 10.1. The maximum absolute atomic E-state index is 12.1. The summed E-state index contributed by atoms with van der Waals surface area (Å²) < 4.78 is 12.6. The highest BCUT2D eigenvalue weighted by molar-refractivity contribution is 6.35. The first-order valence-corrected chi connectivity index (χ1v) is 10.1. The Bertz CT molecular complexity index is 693. The molecule has 7 heteroatoms. The summed E-state index contributed by atoms with van der Waals surface area (Å²) in [6, 6.07) is 5.10. The molecule has 148 valence electrons. The second kappa shape index (κ2) is 11.9. The zero-order valence-electron chi connectivity index (χ0n) is 15.6. The van der Waals surface area contributed by atoms with Gasteiger partial charge in [0.05, 0.1) is 19.5 Å². The Labute approximate surface area is 170 Å². The molecule has 0 N–H and O–H groups in total. The van der Waals surface area contributed by atoms with Crippen LogP contribution < -0.4 is 0 Å². The van der Waals surface area contributed by atoms with Crippen molar-refractivity contribution < 1.29 is 14.3 Å². The Morgan fingerprint density at radius 3 is 2.67 bits per heavy atom. The Kier molecular flexibility index (Phi) is 9.50. The molecule has 1 aromatic heterocycles. The topological polar surface area (TPSA) is 53.4 Å². The lowest BCUT2D eigenvalue weighted by molar-refractivity contribution is 0.0162. The Morgan fingerprint density at radius 2 is 1.96 bits per heavy atom. The number of carbonyl (C=O) groups is 1. The van der Waals surface area contributed by atoms with E-state index in [0.717, 1.165) is 19.3 Å². The molecule has 1 unspecified atom stereocenters. The molecule has 0 saturated carbocycles. The number of rotatable bonds is 11. The van der Waals surface area contributed by atoms with Crippen molar-refractivity contribution in [2.75, 3.05) is 6.61 Å². The molecular formula is C20H26Cl2N2O3. The highest BCUT2D eigenvalue weighted by Gasteiger charge is 2.21. The summed E-state index contributed by atoms with van der Waals surface area (Å²) in [5.74, 6) is 0. The van der Waals surface area contributed by atoms with Gasteiger partial charge in [-0.05, 0) is 18.6 Å². The maximum atomic E-state index is 12.1. The van der Waals surface area contributed by atoms with Crippen molar-refractivity contribution in [3.05, 3.63) is 52.5 Å². The molecular weight excluding hydrogens is 387 g/mol. The van der Waals surface area contributed by atoms with Crippen LogP contribution in [0, 0.1) is 0 Å². The molecule has 0 aliphatic heterocycles. The molecule has 0 bridgehead atoms. The van der Waals surface area contributed by atoms with Crippen LogP contribution in [-0.4, -0.2) is 22.3 Å². The normalized spacial score (nSPS) is 12.0. The average Bonchev–Trinajstić information content (AvgIpc) is 3.13. The van der Waals surface area contributed by atoms with Gasteiger partial charge in [0.25, 0.3) is 0 Å². The van der Waals surface area contributed by atoms with Gasteiger partial charge >= 0.3 is 6.16 Å². The van der Waals surface area contributed by atoms with Gasteiger partial charge in [-0.15, -0.1) is 0 Å². The number of hydrogen-bond donors (Lipinski definition) is 0. The van der Waals surface area contributed by atoms with E-state index in [1.165, 1.54) is 19.3 Å². The van der Waals surface area contributed by atoms with Crippen molar-refractivity contribution in [3.8, 4) is 0 Å². The van der Waals surface area contributed by atoms with Crippen molar-refractivity contribution in [3.63, 3.8) is 0 Å². The van der Waals surface area contributed by atoms with Crippen LogP contribution in [-0.2, 0) is 16.0 Å². The standard InChI is InChI=1S/C20H26Cl2N2O3/c1-2-3-4-5-6-7-12-26-20(25)27-19(14-24-11-10-23-15-24)17-9-8-16(21)13-18(17)22/h8-11,13,15,19H,2-7,12,14H2,1H3. The second-order valence-corrected chi connectivity index (χ2v) is 7.24. The first-order chi connectivity index (χ1) is 13.1. The fraction of sp³-hybridized carbons (Fsp3) is 0.500. The van der Waals surface area contributed by atoms with Crippen LogP contribution in [0.15, 0.2) is 36.9 Å². The van der Waals surface area contributed by atoms with Gasteiger partial charge in [0.2, 0.25) is 0 Å². The summed E-state index contributed by atoms with van der Waals surface area (Å²) in [5.41, 5.74) is 0.672. The highest BCUT2D eigenvalue weighted by atomic mass is 35.5. The molecule has 2 rings (SSSR count). The predicted molar refractivity (Wildman–Crippen MR) is 107 cm³/mol. The van der Waals surface area contributed by atoms with E-state index < -0.39 is 12.3 Å². The van der Waals surface area contributed by atoms with Crippen molar-refractivity contribution in [1.29, 1.82) is 0 Å². The number of hydrogen-bond acceptors (Lipinski definition) is 4. The van der Waals surface area contributed by atoms with Gasteiger partial charge in [0.15, 0.2) is 0 Å². The third kappa shape index (κ3) is 7.81. The van der Waals surface area contributed by atoms with E-state index in [2.05, 4.69) is 11.9 Å². The average molecular weight is 413 g/mol. The molecule has 0 amide bonds. The molecule has 0 aliphatic carbocycles. The van der Waals surface area contributed by atoms with Crippen LogP contribution in [0.25, 0.3) is 0 Å². The summed E-state index contributed by atoms with van der Waals surface area (Å²) in [6.45, 7) is 2.93. The van der Waals surface area contributed by atoms with Crippen LogP contribution in [0.5, 0.6) is 0 Å². The van der Waals surface area contributed by atoms with E-state index in [4.69, 9.17) is 32.7 Å². The molecule has 0 saturated heterocycles. The molecule has 0 spiro atoms. The number of aromatic nitrogens is 2. The quantitative estimate of drug-likeness (QED) is 0.314. The number of unbranched alkanes of at least 4 members (excludes halogenated alkanes) is 5. The SMILES string of the molecule is CCCCCCCCOC(=O)OC(Cn1ccnc1)c1ccc(Cl)cc1Cl. The predicted octanol–water partition coefficient (Wildman–Crippen LogP) is 6.44. The minimum atomic E-state index is -0.695. The van der Waals surface area contributed by atoms with E-state index in [0.29, 0.717) is 28.8 Å². The van der Waals surface area contributed by atoms with Crippen molar-refractivity contribution >= 4 is 29.4 Å². The number of imidazole rings is 1. The van der Waals surface area contributed by atoms with Gasteiger partial charge < -0.3 is 14.0 Å². The monoisotopic (exact) mass is 412 g/mol. The summed E-state index contributed by atoms with van der Waals surface area (Å²) >= 11 is 12.3. The molecule has 1 heterocycles. The van der Waals surface area contributed by atoms with Crippen molar-refractivity contribution in [2.45, 2.75) is 58.1 Å². The third-order valence-corrected chi connectivity index (χ3v) is 4.76. The van der Waals surface area contributed by atoms with Gasteiger partial charge in [0, 0.05) is 28.0 Å². The van der Waals surface area contributed by atoms with Gasteiger partial charge in [-0.1, -0.05) is 68.3 Å². The molecule has 1 aromatic carbocycles. The van der Waals surface area contributed by atoms with Gasteiger partial charge in [-0.3, -0.25) is 0 Å². The number of ether oxygens (including phenoxy) is 2. The van der Waals surface area contributed by atoms with Crippen LogP contribution in [0.2, 0.25) is 10.0 Å². The molecule has 0 radical (unpaired) electrons. The minimum absolute atomic E-state index is 0.358. The molecule has 1 atom stereocenters. The van der Waals surface area contributed by atoms with Crippen LogP contribution in [0.4, 0.5) is 4.79 Å². The Morgan fingerprint density at radius 1 is 1.19 bits per heavy atom. The first kappa shape index (κ1) is 21.6. The molecule has 0 fully saturated rings. The number of benzene rings is 1. The van der Waals surface area contributed by atoms with Crippen molar-refractivity contribution in [1.82, 2.24) is 9.55 Å².